The number of carbonyl (C=O) groups is 1. The van der Waals surface area contributed by atoms with Crippen LogP contribution in [0.15, 0.2) is 0 Å². The summed E-state index contributed by atoms with van der Waals surface area (Å²) in [6, 6.07) is 0.270. The first kappa shape index (κ1) is 14.2. The highest BCUT2D eigenvalue weighted by molar-refractivity contribution is 6.32. The number of hydrogen-bond acceptors (Lipinski definition) is 5. The Morgan fingerprint density at radius 1 is 1.37 bits per heavy atom. The van der Waals surface area contributed by atoms with E-state index < -0.39 is 0 Å². The van der Waals surface area contributed by atoms with Gasteiger partial charge in [-0.05, 0) is 38.5 Å². The number of aromatic nitrogens is 2. The van der Waals surface area contributed by atoms with Crippen LogP contribution in [0.1, 0.15) is 41.9 Å². The Balaban J connectivity index is 2.09. The standard InChI is InChI=1S/C13H18ClN3O2/c1-8-15-12(14)11(7-19)13(16-8)17-10-4-2-9(6-18)3-5-10/h7,9-10,18H,2-6H2,1H3,(H,15,16,17). The van der Waals surface area contributed by atoms with E-state index in [0.29, 0.717) is 29.4 Å². The van der Waals surface area contributed by atoms with Crippen LogP contribution >= 0.6 is 11.6 Å². The van der Waals surface area contributed by atoms with Gasteiger partial charge in [-0.1, -0.05) is 11.6 Å². The number of aryl methyl sites for hydroxylation is 1. The summed E-state index contributed by atoms with van der Waals surface area (Å²) in [5, 5.41) is 12.6. The zero-order valence-corrected chi connectivity index (χ0v) is 11.7. The van der Waals surface area contributed by atoms with Crippen molar-refractivity contribution in [3.05, 3.63) is 16.5 Å². The van der Waals surface area contributed by atoms with Gasteiger partial charge < -0.3 is 10.4 Å². The van der Waals surface area contributed by atoms with Crippen LogP contribution < -0.4 is 5.32 Å². The lowest BCUT2D eigenvalue weighted by atomic mass is 9.86. The topological polar surface area (TPSA) is 75.1 Å². The Bertz CT molecular complexity index is 459. The first-order chi connectivity index (χ1) is 9.13. The van der Waals surface area contributed by atoms with Crippen molar-refractivity contribution in [2.24, 2.45) is 5.92 Å². The maximum Gasteiger partial charge on any atom is 0.156 e. The van der Waals surface area contributed by atoms with E-state index in [1.165, 1.54) is 0 Å². The molecule has 1 aliphatic carbocycles. The molecule has 1 aromatic heterocycles. The minimum atomic E-state index is 0.189. The second-order valence-electron chi connectivity index (χ2n) is 4.99. The third kappa shape index (κ3) is 3.42. The van der Waals surface area contributed by atoms with E-state index in [2.05, 4.69) is 15.3 Å². The smallest absolute Gasteiger partial charge is 0.156 e. The lowest BCUT2D eigenvalue weighted by Crippen LogP contribution is -2.28. The van der Waals surface area contributed by atoms with Crippen molar-refractivity contribution >= 4 is 23.7 Å². The number of rotatable bonds is 4. The number of nitrogens with zero attached hydrogens (tertiary/aromatic N) is 2. The van der Waals surface area contributed by atoms with Gasteiger partial charge in [-0.2, -0.15) is 0 Å². The molecule has 1 aromatic rings. The molecule has 2 N–H and O–H groups in total. The van der Waals surface area contributed by atoms with Crippen LogP contribution in [0, 0.1) is 12.8 Å². The summed E-state index contributed by atoms with van der Waals surface area (Å²) in [7, 11) is 0. The van der Waals surface area contributed by atoms with Crippen molar-refractivity contribution in [3.63, 3.8) is 0 Å². The first-order valence-electron chi connectivity index (χ1n) is 6.50. The van der Waals surface area contributed by atoms with Gasteiger partial charge in [0, 0.05) is 12.6 Å². The highest BCUT2D eigenvalue weighted by atomic mass is 35.5. The van der Waals surface area contributed by atoms with Crippen molar-refractivity contribution in [1.29, 1.82) is 0 Å². The molecule has 5 nitrogen and oxygen atoms in total. The third-order valence-electron chi connectivity index (χ3n) is 3.57. The number of aliphatic hydroxyl groups excluding tert-OH is 1. The molecule has 0 atom stereocenters. The van der Waals surface area contributed by atoms with E-state index in [0.717, 1.165) is 25.7 Å². The molecule has 0 spiro atoms. The molecule has 1 aliphatic rings. The van der Waals surface area contributed by atoms with Crippen molar-refractivity contribution in [2.75, 3.05) is 11.9 Å². The summed E-state index contributed by atoms with van der Waals surface area (Å²) in [4.78, 5) is 19.3. The average Bonchev–Trinajstić information content (AvgIpc) is 2.39. The van der Waals surface area contributed by atoms with Gasteiger partial charge in [0.25, 0.3) is 0 Å². The lowest BCUT2D eigenvalue weighted by molar-refractivity contribution is 0.112. The predicted molar refractivity (Wildman–Crippen MR) is 73.6 cm³/mol. The van der Waals surface area contributed by atoms with Gasteiger partial charge >= 0.3 is 0 Å². The van der Waals surface area contributed by atoms with E-state index in [9.17, 15) is 4.79 Å². The van der Waals surface area contributed by atoms with Crippen LogP contribution in [-0.2, 0) is 0 Å². The molecule has 0 aliphatic heterocycles. The molecule has 0 unspecified atom stereocenters. The van der Waals surface area contributed by atoms with Crippen molar-refractivity contribution < 1.29 is 9.90 Å². The van der Waals surface area contributed by atoms with Crippen molar-refractivity contribution in [2.45, 2.75) is 38.6 Å². The predicted octanol–water partition coefficient (Wildman–Crippen LogP) is 2.21. The third-order valence-corrected chi connectivity index (χ3v) is 3.86. The van der Waals surface area contributed by atoms with Crippen LogP contribution in [0.2, 0.25) is 5.15 Å². The fraction of sp³-hybridized carbons (Fsp3) is 0.615. The van der Waals surface area contributed by atoms with Gasteiger partial charge in [-0.3, -0.25) is 4.79 Å². The Morgan fingerprint density at radius 3 is 2.63 bits per heavy atom. The summed E-state index contributed by atoms with van der Waals surface area (Å²) in [6.45, 7) is 2.00. The maximum atomic E-state index is 11.1. The van der Waals surface area contributed by atoms with Gasteiger partial charge in [0.1, 0.15) is 16.8 Å². The number of aldehydes is 1. The Labute approximate surface area is 117 Å². The van der Waals surface area contributed by atoms with Crippen LogP contribution in [0.5, 0.6) is 0 Å². The van der Waals surface area contributed by atoms with Crippen LogP contribution in [0.25, 0.3) is 0 Å². The molecule has 1 saturated carbocycles. The van der Waals surface area contributed by atoms with E-state index in [-0.39, 0.29) is 17.8 Å². The molecular weight excluding hydrogens is 266 g/mol. The minimum absolute atomic E-state index is 0.189. The Morgan fingerprint density at radius 2 is 2.05 bits per heavy atom. The van der Waals surface area contributed by atoms with Gasteiger partial charge in [-0.15, -0.1) is 0 Å². The number of anilines is 1. The molecule has 1 fully saturated rings. The molecule has 19 heavy (non-hydrogen) atoms. The maximum absolute atomic E-state index is 11.1. The molecular formula is C13H18ClN3O2. The number of hydrogen-bond donors (Lipinski definition) is 2. The highest BCUT2D eigenvalue weighted by Gasteiger charge is 2.22. The second kappa shape index (κ2) is 6.30. The minimum Gasteiger partial charge on any atom is -0.396 e. The zero-order valence-electron chi connectivity index (χ0n) is 10.9. The summed E-state index contributed by atoms with van der Waals surface area (Å²) in [5.74, 6) is 1.46. The fourth-order valence-corrected chi connectivity index (χ4v) is 2.70. The number of nitrogens with one attached hydrogen (secondary N) is 1. The Kier molecular flexibility index (Phi) is 4.71. The van der Waals surface area contributed by atoms with E-state index >= 15 is 0 Å². The molecule has 1 heterocycles. The highest BCUT2D eigenvalue weighted by Crippen LogP contribution is 2.27. The molecule has 6 heteroatoms. The van der Waals surface area contributed by atoms with Gasteiger partial charge in [0.2, 0.25) is 0 Å². The van der Waals surface area contributed by atoms with Gasteiger partial charge in [0.05, 0.1) is 5.56 Å². The number of aliphatic hydroxyl groups is 1. The van der Waals surface area contributed by atoms with Crippen LogP contribution in [-0.4, -0.2) is 34.0 Å². The van der Waals surface area contributed by atoms with Crippen LogP contribution in [0.4, 0.5) is 5.82 Å². The fourth-order valence-electron chi connectivity index (χ4n) is 2.44. The summed E-state index contributed by atoms with van der Waals surface area (Å²) in [5.41, 5.74) is 0.316. The summed E-state index contributed by atoms with van der Waals surface area (Å²) < 4.78 is 0. The zero-order chi connectivity index (χ0) is 13.8. The summed E-state index contributed by atoms with van der Waals surface area (Å²) >= 11 is 5.94. The van der Waals surface area contributed by atoms with Gasteiger partial charge in [0.15, 0.2) is 6.29 Å². The summed E-state index contributed by atoms with van der Waals surface area (Å²) in [6.07, 6.45) is 4.59. The second-order valence-corrected chi connectivity index (χ2v) is 5.34. The number of carbonyl (C=O) groups excluding carboxylic acids is 1. The van der Waals surface area contributed by atoms with Crippen molar-refractivity contribution in [3.8, 4) is 0 Å². The quantitative estimate of drug-likeness (QED) is 0.654. The SMILES string of the molecule is Cc1nc(Cl)c(C=O)c(NC2CCC(CO)CC2)n1. The molecule has 2 rings (SSSR count). The molecule has 0 radical (unpaired) electrons. The number of halogens is 1. The van der Waals surface area contributed by atoms with Crippen LogP contribution in [0.3, 0.4) is 0 Å². The monoisotopic (exact) mass is 283 g/mol. The molecule has 0 amide bonds. The molecule has 104 valence electrons. The van der Waals surface area contributed by atoms with E-state index in [4.69, 9.17) is 16.7 Å². The molecule has 0 saturated heterocycles. The lowest BCUT2D eigenvalue weighted by Gasteiger charge is -2.28. The Hall–Kier alpha value is -1.20. The largest absolute Gasteiger partial charge is 0.396 e. The first-order valence-corrected chi connectivity index (χ1v) is 6.88. The normalized spacial score (nSPS) is 23.1. The van der Waals surface area contributed by atoms with E-state index in [1.54, 1.807) is 6.92 Å². The van der Waals surface area contributed by atoms with Crippen molar-refractivity contribution in [1.82, 2.24) is 9.97 Å². The van der Waals surface area contributed by atoms with Gasteiger partial charge in [-0.25, -0.2) is 9.97 Å². The molecule has 0 bridgehead atoms. The molecule has 0 aromatic carbocycles. The average molecular weight is 284 g/mol. The van der Waals surface area contributed by atoms with E-state index in [1.807, 2.05) is 0 Å².